The number of hydrogen-bond donors (Lipinski definition) is 0. The van der Waals surface area contributed by atoms with Gasteiger partial charge in [-0.05, 0) is 23.6 Å². The summed E-state index contributed by atoms with van der Waals surface area (Å²) < 4.78 is 29.3. The van der Waals surface area contributed by atoms with Gasteiger partial charge in [-0.2, -0.15) is 0 Å². The molecule has 3 atom stereocenters. The number of rotatable bonds is 2. The molecule has 0 aromatic heterocycles. The molecule has 0 radical (unpaired) electrons. The van der Waals surface area contributed by atoms with E-state index < -0.39 is 12.0 Å². The van der Waals surface area contributed by atoms with Gasteiger partial charge in [-0.3, -0.25) is 4.79 Å². The van der Waals surface area contributed by atoms with E-state index in [2.05, 4.69) is 20.8 Å². The molecule has 0 fully saturated rings. The van der Waals surface area contributed by atoms with E-state index in [9.17, 15) is 4.79 Å². The van der Waals surface area contributed by atoms with Gasteiger partial charge >= 0.3 is 0 Å². The molecule has 0 unspecified atom stereocenters. The topological polar surface area (TPSA) is 63.2 Å². The van der Waals surface area contributed by atoms with E-state index in [-0.39, 0.29) is 17.3 Å². The fourth-order valence-corrected chi connectivity index (χ4v) is 4.55. The first-order valence-electron chi connectivity index (χ1n) is 10.2. The van der Waals surface area contributed by atoms with Crippen LogP contribution in [0.5, 0.6) is 28.7 Å². The second-order valence-electron chi connectivity index (χ2n) is 9.15. The molecular weight excluding hydrogens is 386 g/mol. The van der Waals surface area contributed by atoms with E-state index in [0.29, 0.717) is 35.2 Å². The van der Waals surface area contributed by atoms with Crippen LogP contribution in [0.2, 0.25) is 0 Å². The molecule has 6 nitrogen and oxygen atoms in total. The lowest BCUT2D eigenvalue weighted by Gasteiger charge is -2.37. The van der Waals surface area contributed by atoms with E-state index in [1.165, 1.54) is 0 Å². The molecule has 2 aromatic carbocycles. The van der Waals surface area contributed by atoms with Crippen LogP contribution in [-0.2, 0) is 6.42 Å². The zero-order valence-corrected chi connectivity index (χ0v) is 17.9. The summed E-state index contributed by atoms with van der Waals surface area (Å²) in [5, 5.41) is 0. The SMILES string of the molecule is COc1cc2c(cc1OC)[C@@H]1C(=O)c3ccc4c(c3O[C@@H]1CO2)C[C@H](C(C)(C)[14CH3])O4. The van der Waals surface area contributed by atoms with E-state index >= 15 is 0 Å². The van der Waals surface area contributed by atoms with Crippen molar-refractivity contribution in [2.45, 2.75) is 45.3 Å². The van der Waals surface area contributed by atoms with Crippen LogP contribution in [0.1, 0.15) is 48.2 Å². The van der Waals surface area contributed by atoms with Crippen molar-refractivity contribution in [3.63, 3.8) is 0 Å². The van der Waals surface area contributed by atoms with Crippen molar-refractivity contribution in [3.8, 4) is 28.7 Å². The molecule has 3 heterocycles. The molecule has 0 bridgehead atoms. The Balaban J connectivity index is 1.56. The number of Topliss-reactive ketones (excluding diaryl/α,β-unsaturated/α-hetero) is 1. The number of carbonyl (C=O) groups excluding carboxylic acids is 1. The number of ketones is 1. The van der Waals surface area contributed by atoms with Gasteiger partial charge in [-0.15, -0.1) is 0 Å². The van der Waals surface area contributed by atoms with Crippen molar-refractivity contribution in [1.82, 2.24) is 0 Å². The van der Waals surface area contributed by atoms with Crippen molar-refractivity contribution in [3.05, 3.63) is 41.0 Å². The van der Waals surface area contributed by atoms with E-state index in [1.54, 1.807) is 20.3 Å². The Labute approximate surface area is 176 Å². The third-order valence-corrected chi connectivity index (χ3v) is 6.29. The Kier molecular flexibility index (Phi) is 4.17. The van der Waals surface area contributed by atoms with Crippen molar-refractivity contribution in [2.75, 3.05) is 20.8 Å². The summed E-state index contributed by atoms with van der Waals surface area (Å²) in [5.41, 5.74) is 2.35. The van der Waals surface area contributed by atoms with Crippen molar-refractivity contribution in [2.24, 2.45) is 5.41 Å². The maximum Gasteiger partial charge on any atom is 0.178 e. The second-order valence-corrected chi connectivity index (χ2v) is 9.15. The van der Waals surface area contributed by atoms with E-state index in [0.717, 1.165) is 23.3 Å². The number of fused-ring (bicyclic) bond motifs is 6. The Hall–Kier alpha value is -2.89. The molecule has 6 heteroatoms. The summed E-state index contributed by atoms with van der Waals surface area (Å²) in [5.74, 6) is 2.82. The standard InChI is InChI=1S/C24H26O6/c1-24(2,3)20-9-14-15(29-20)7-6-12-22(25)21-13-8-17(26-4)18(27-5)10-16(13)28-11-19(21)30-23(12)14/h6-8,10,19-21H,9,11H2,1-5H3/t19-,20-,21+/m1/s1/i1+2. The van der Waals surface area contributed by atoms with E-state index in [4.69, 9.17) is 23.7 Å². The van der Waals surface area contributed by atoms with Crippen LogP contribution in [0.15, 0.2) is 24.3 Å². The quantitative estimate of drug-likeness (QED) is 0.738. The molecular formula is C24H26O6. The highest BCUT2D eigenvalue weighted by molar-refractivity contribution is 6.06. The van der Waals surface area contributed by atoms with E-state index in [1.807, 2.05) is 18.2 Å². The Morgan fingerprint density at radius 1 is 1.07 bits per heavy atom. The first-order chi connectivity index (χ1) is 14.3. The molecule has 0 saturated carbocycles. The predicted octanol–water partition coefficient (Wildman–Crippen LogP) is 4.17. The molecule has 30 heavy (non-hydrogen) atoms. The van der Waals surface area contributed by atoms with Crippen LogP contribution in [0.4, 0.5) is 0 Å². The minimum absolute atomic E-state index is 0.00435. The molecule has 0 aliphatic carbocycles. The van der Waals surface area contributed by atoms with Gasteiger partial charge in [0, 0.05) is 23.6 Å². The normalized spacial score (nSPS) is 23.8. The van der Waals surface area contributed by atoms with Crippen LogP contribution >= 0.6 is 0 Å². The molecule has 3 aliphatic rings. The van der Waals surface area contributed by atoms with Crippen LogP contribution in [0.3, 0.4) is 0 Å². The van der Waals surface area contributed by atoms with Gasteiger partial charge in [0.15, 0.2) is 17.3 Å². The smallest absolute Gasteiger partial charge is 0.178 e. The average Bonchev–Trinajstić information content (AvgIpc) is 3.18. The number of carbonyl (C=O) groups is 1. The average molecular weight is 412 g/mol. The summed E-state index contributed by atoms with van der Waals surface area (Å²) >= 11 is 0. The van der Waals surface area contributed by atoms with Crippen molar-refractivity contribution >= 4 is 5.78 Å². The first kappa shape index (κ1) is 19.1. The summed E-state index contributed by atoms with van der Waals surface area (Å²) in [6, 6.07) is 7.32. The van der Waals surface area contributed by atoms with Crippen LogP contribution in [0.25, 0.3) is 0 Å². The number of benzene rings is 2. The maximum absolute atomic E-state index is 13.6. The summed E-state index contributed by atoms with van der Waals surface area (Å²) in [6.07, 6.45) is 0.390. The van der Waals surface area contributed by atoms with Gasteiger partial charge in [-0.1, -0.05) is 20.8 Å². The monoisotopic (exact) mass is 412 g/mol. The van der Waals surface area contributed by atoms with Crippen molar-refractivity contribution in [1.29, 1.82) is 0 Å². The molecule has 3 aliphatic heterocycles. The molecule has 0 amide bonds. The van der Waals surface area contributed by atoms with Crippen LogP contribution in [-0.4, -0.2) is 38.8 Å². The lowest BCUT2D eigenvalue weighted by molar-refractivity contribution is 0.0554. The second kappa shape index (κ2) is 6.56. The predicted molar refractivity (Wildman–Crippen MR) is 111 cm³/mol. The molecule has 158 valence electrons. The molecule has 2 aromatic rings. The fourth-order valence-electron chi connectivity index (χ4n) is 4.55. The highest BCUT2D eigenvalue weighted by atomic mass is 16.5. The van der Waals surface area contributed by atoms with Gasteiger partial charge in [0.2, 0.25) is 0 Å². The third kappa shape index (κ3) is 2.73. The zero-order chi connectivity index (χ0) is 21.2. The zero-order valence-electron chi connectivity index (χ0n) is 17.9. The molecule has 0 saturated heterocycles. The van der Waals surface area contributed by atoms with Gasteiger partial charge in [0.05, 0.1) is 25.7 Å². The Bertz CT molecular complexity index is 1030. The molecule has 0 spiro atoms. The lowest BCUT2D eigenvalue weighted by atomic mass is 9.81. The lowest BCUT2D eigenvalue weighted by Crippen LogP contribution is -2.43. The van der Waals surface area contributed by atoms with Gasteiger partial charge < -0.3 is 23.7 Å². The summed E-state index contributed by atoms with van der Waals surface area (Å²) in [4.78, 5) is 13.6. The first-order valence-corrected chi connectivity index (χ1v) is 10.2. The van der Waals surface area contributed by atoms with Crippen LogP contribution in [0, 0.1) is 5.41 Å². The summed E-state index contributed by atoms with van der Waals surface area (Å²) in [6.45, 7) is 6.77. The Morgan fingerprint density at radius 3 is 2.50 bits per heavy atom. The third-order valence-electron chi connectivity index (χ3n) is 6.29. The van der Waals surface area contributed by atoms with Crippen molar-refractivity contribution < 1.29 is 28.5 Å². The minimum Gasteiger partial charge on any atom is -0.493 e. The Morgan fingerprint density at radius 2 is 1.80 bits per heavy atom. The highest BCUT2D eigenvalue weighted by Gasteiger charge is 2.46. The highest BCUT2D eigenvalue weighted by Crippen LogP contribution is 2.50. The maximum atomic E-state index is 13.6. The van der Waals surface area contributed by atoms with Gasteiger partial charge in [-0.25, -0.2) is 0 Å². The summed E-state index contributed by atoms with van der Waals surface area (Å²) in [7, 11) is 3.16. The largest absolute Gasteiger partial charge is 0.493 e. The molecule has 5 rings (SSSR count). The molecule has 0 N–H and O–H groups in total. The van der Waals surface area contributed by atoms with Gasteiger partial charge in [0.25, 0.3) is 0 Å². The van der Waals surface area contributed by atoms with Gasteiger partial charge in [0.1, 0.15) is 36.1 Å². The fraction of sp³-hybridized carbons (Fsp3) is 0.458. The minimum atomic E-state index is -0.445. The number of methoxy groups -OCH3 is 2. The van der Waals surface area contributed by atoms with Crippen LogP contribution < -0.4 is 23.7 Å². The number of hydrogen-bond acceptors (Lipinski definition) is 6. The number of ether oxygens (including phenoxy) is 5.